The normalized spacial score (nSPS) is 10.6. The van der Waals surface area contributed by atoms with Crippen molar-refractivity contribution in [3.8, 4) is 23.5 Å². The van der Waals surface area contributed by atoms with Gasteiger partial charge >= 0.3 is 5.97 Å². The first kappa shape index (κ1) is 15.1. The van der Waals surface area contributed by atoms with E-state index in [0.717, 1.165) is 0 Å². The number of esters is 1. The predicted octanol–water partition coefficient (Wildman–Crippen LogP) is 3.29. The number of ether oxygens (including phenoxy) is 1. The van der Waals surface area contributed by atoms with Crippen LogP contribution in [0.3, 0.4) is 0 Å². The maximum atomic E-state index is 11.6. The zero-order valence-electron chi connectivity index (χ0n) is 11.9. The van der Waals surface area contributed by atoms with Crippen molar-refractivity contribution in [3.63, 3.8) is 0 Å². The summed E-state index contributed by atoms with van der Waals surface area (Å²) >= 11 is 0. The first-order valence-electron chi connectivity index (χ1n) is 6.57. The number of nitrogens with zero attached hydrogens (tertiary/aromatic N) is 2. The van der Waals surface area contributed by atoms with Crippen molar-refractivity contribution in [1.29, 1.82) is 10.5 Å². The zero-order valence-corrected chi connectivity index (χ0v) is 11.9. The van der Waals surface area contributed by atoms with Gasteiger partial charge in [0.2, 0.25) is 0 Å². The van der Waals surface area contributed by atoms with Gasteiger partial charge in [0, 0.05) is 11.6 Å². The lowest BCUT2D eigenvalue weighted by Crippen LogP contribution is -2.05. The minimum atomic E-state index is -0.694. The first-order valence-corrected chi connectivity index (χ1v) is 6.57. The molecule has 0 aliphatic carbocycles. The average molecular weight is 292 g/mol. The van der Waals surface area contributed by atoms with Gasteiger partial charge in [-0.25, -0.2) is 4.79 Å². The molecule has 0 saturated carbocycles. The van der Waals surface area contributed by atoms with Crippen molar-refractivity contribution < 1.29 is 13.9 Å². The highest BCUT2D eigenvalue weighted by atomic mass is 16.5. The summed E-state index contributed by atoms with van der Waals surface area (Å²) in [4.78, 5) is 11.6. The number of rotatable bonds is 4. The van der Waals surface area contributed by atoms with Gasteiger partial charge in [0.1, 0.15) is 23.2 Å². The number of nitriles is 2. The lowest BCUT2D eigenvalue weighted by molar-refractivity contribution is -0.137. The number of hydrogen-bond acceptors (Lipinski definition) is 5. The molecule has 0 bridgehead atoms. The van der Waals surface area contributed by atoms with Crippen LogP contribution >= 0.6 is 0 Å². The molecule has 5 heteroatoms. The van der Waals surface area contributed by atoms with Crippen LogP contribution in [0.15, 0.2) is 46.4 Å². The average Bonchev–Trinajstić information content (AvgIpc) is 3.01. The number of carbonyl (C=O) groups is 1. The Morgan fingerprint density at radius 2 is 2.05 bits per heavy atom. The summed E-state index contributed by atoms with van der Waals surface area (Å²) in [5.41, 5.74) is 0.994. The van der Waals surface area contributed by atoms with Gasteiger partial charge < -0.3 is 9.15 Å². The van der Waals surface area contributed by atoms with E-state index in [1.54, 1.807) is 49.4 Å². The second-order valence-electron chi connectivity index (χ2n) is 4.25. The molecule has 2 rings (SSSR count). The van der Waals surface area contributed by atoms with E-state index in [4.69, 9.17) is 19.7 Å². The molecule has 1 heterocycles. The minimum Gasteiger partial charge on any atom is -0.462 e. The molecule has 0 saturated heterocycles. The maximum Gasteiger partial charge on any atom is 0.349 e. The Morgan fingerprint density at radius 3 is 2.73 bits per heavy atom. The van der Waals surface area contributed by atoms with E-state index in [1.165, 1.54) is 6.08 Å². The molecular weight excluding hydrogens is 280 g/mol. The molecule has 22 heavy (non-hydrogen) atoms. The van der Waals surface area contributed by atoms with Gasteiger partial charge in [-0.3, -0.25) is 0 Å². The van der Waals surface area contributed by atoms with Gasteiger partial charge in [-0.2, -0.15) is 10.5 Å². The highest BCUT2D eigenvalue weighted by Gasteiger charge is 2.12. The van der Waals surface area contributed by atoms with Crippen LogP contribution in [0.4, 0.5) is 0 Å². The Labute approximate surface area is 127 Å². The van der Waals surface area contributed by atoms with Crippen LogP contribution in [0.1, 0.15) is 18.2 Å². The van der Waals surface area contributed by atoms with Crippen LogP contribution in [-0.4, -0.2) is 12.6 Å². The number of furan rings is 1. The summed E-state index contributed by atoms with van der Waals surface area (Å²) in [5.74, 6) is 0.136. The van der Waals surface area contributed by atoms with E-state index in [1.807, 2.05) is 0 Å². The standard InChI is InChI=1S/C17H12N2O3/c1-2-21-17(20)13(11-19)9-14-7-8-16(22-14)15-6-4-3-5-12(15)10-18/h3-9H,2H2,1H3/b13-9+. The maximum absolute atomic E-state index is 11.6. The number of hydrogen-bond donors (Lipinski definition) is 0. The molecule has 1 aromatic heterocycles. The van der Waals surface area contributed by atoms with E-state index in [0.29, 0.717) is 22.6 Å². The third kappa shape index (κ3) is 3.23. The summed E-state index contributed by atoms with van der Waals surface area (Å²) in [6.45, 7) is 1.85. The second-order valence-corrected chi connectivity index (χ2v) is 4.25. The molecule has 0 radical (unpaired) electrons. The van der Waals surface area contributed by atoms with Crippen molar-refractivity contribution >= 4 is 12.0 Å². The lowest BCUT2D eigenvalue weighted by atomic mass is 10.1. The molecule has 2 aromatic rings. The van der Waals surface area contributed by atoms with Crippen LogP contribution in [-0.2, 0) is 9.53 Å². The molecule has 0 unspecified atom stereocenters. The van der Waals surface area contributed by atoms with Crippen molar-refractivity contribution in [3.05, 3.63) is 53.3 Å². The van der Waals surface area contributed by atoms with E-state index >= 15 is 0 Å². The molecule has 0 aliphatic rings. The largest absolute Gasteiger partial charge is 0.462 e. The first-order chi connectivity index (χ1) is 10.7. The summed E-state index contributed by atoms with van der Waals surface area (Å²) in [6, 6.07) is 14.2. The van der Waals surface area contributed by atoms with Crippen molar-refractivity contribution in [2.45, 2.75) is 6.92 Å². The van der Waals surface area contributed by atoms with Gasteiger partial charge in [0.05, 0.1) is 18.2 Å². The van der Waals surface area contributed by atoms with Gasteiger partial charge in [0.15, 0.2) is 0 Å². The highest BCUT2D eigenvalue weighted by molar-refractivity contribution is 5.97. The molecule has 0 N–H and O–H groups in total. The summed E-state index contributed by atoms with van der Waals surface area (Å²) in [5, 5.41) is 18.1. The molecule has 108 valence electrons. The van der Waals surface area contributed by atoms with E-state index < -0.39 is 5.97 Å². The second kappa shape index (κ2) is 6.92. The van der Waals surface area contributed by atoms with Gasteiger partial charge in [-0.05, 0) is 31.2 Å². The zero-order chi connectivity index (χ0) is 15.9. The predicted molar refractivity (Wildman–Crippen MR) is 79.1 cm³/mol. The van der Waals surface area contributed by atoms with Crippen LogP contribution in [0, 0.1) is 22.7 Å². The highest BCUT2D eigenvalue weighted by Crippen LogP contribution is 2.26. The van der Waals surface area contributed by atoms with E-state index in [2.05, 4.69) is 6.07 Å². The lowest BCUT2D eigenvalue weighted by Gasteiger charge is -1.99. The van der Waals surface area contributed by atoms with Gasteiger partial charge in [-0.1, -0.05) is 12.1 Å². The third-order valence-electron chi connectivity index (χ3n) is 2.84. The molecular formula is C17H12N2O3. The fourth-order valence-corrected chi connectivity index (χ4v) is 1.86. The molecule has 1 aromatic carbocycles. The SMILES string of the molecule is CCOC(=O)/C(C#N)=C/c1ccc(-c2ccccc2C#N)o1. The quantitative estimate of drug-likeness (QED) is 0.490. The summed E-state index contributed by atoms with van der Waals surface area (Å²) in [7, 11) is 0. The molecule has 0 aliphatic heterocycles. The third-order valence-corrected chi connectivity index (χ3v) is 2.84. The van der Waals surface area contributed by atoms with Crippen molar-refractivity contribution in [1.82, 2.24) is 0 Å². The van der Waals surface area contributed by atoms with Crippen LogP contribution in [0.5, 0.6) is 0 Å². The van der Waals surface area contributed by atoms with Crippen molar-refractivity contribution in [2.75, 3.05) is 6.61 Å². The fourth-order valence-electron chi connectivity index (χ4n) is 1.86. The van der Waals surface area contributed by atoms with Crippen LogP contribution in [0.25, 0.3) is 17.4 Å². The molecule has 5 nitrogen and oxygen atoms in total. The fraction of sp³-hybridized carbons (Fsp3) is 0.118. The van der Waals surface area contributed by atoms with E-state index in [-0.39, 0.29) is 12.2 Å². The summed E-state index contributed by atoms with van der Waals surface area (Å²) in [6.07, 6.45) is 1.32. The molecule has 0 amide bonds. The summed E-state index contributed by atoms with van der Waals surface area (Å²) < 4.78 is 10.4. The van der Waals surface area contributed by atoms with Gasteiger partial charge in [-0.15, -0.1) is 0 Å². The van der Waals surface area contributed by atoms with Gasteiger partial charge in [0.25, 0.3) is 0 Å². The van der Waals surface area contributed by atoms with E-state index in [9.17, 15) is 4.79 Å². The number of carbonyl (C=O) groups excluding carboxylic acids is 1. The van der Waals surface area contributed by atoms with Crippen LogP contribution in [0.2, 0.25) is 0 Å². The Morgan fingerprint density at radius 1 is 1.27 bits per heavy atom. The minimum absolute atomic E-state index is 0.142. The van der Waals surface area contributed by atoms with Crippen molar-refractivity contribution in [2.24, 2.45) is 0 Å². The monoisotopic (exact) mass is 292 g/mol. The Bertz CT molecular complexity index is 804. The molecule has 0 atom stereocenters. The smallest absolute Gasteiger partial charge is 0.349 e. The Balaban J connectivity index is 2.35. The number of benzene rings is 1. The Hall–Kier alpha value is -3.31. The molecule has 0 fully saturated rings. The molecule has 0 spiro atoms. The Kier molecular flexibility index (Phi) is 4.74. The topological polar surface area (TPSA) is 87.0 Å². The van der Waals surface area contributed by atoms with Crippen LogP contribution < -0.4 is 0 Å².